The first-order chi connectivity index (χ1) is 11.9. The van der Waals surface area contributed by atoms with Gasteiger partial charge in [-0.25, -0.2) is 8.42 Å². The van der Waals surface area contributed by atoms with E-state index in [2.05, 4.69) is 0 Å². The van der Waals surface area contributed by atoms with Gasteiger partial charge in [0.2, 0.25) is 15.9 Å². The maximum Gasteiger partial charge on any atom is 0.238 e. The molecule has 25 heavy (non-hydrogen) atoms. The zero-order valence-corrected chi connectivity index (χ0v) is 15.3. The Hall–Kier alpha value is -1.64. The SMILES string of the molecule is CCCCS(=O)(=O)N1CC(=O)N(CCOc2ccccc2)CC(O)C1. The van der Waals surface area contributed by atoms with E-state index in [0.29, 0.717) is 18.7 Å². The number of β-amino-alcohol motifs (C(OH)–C–C–N with tert-alkyl or cyclic N) is 1. The van der Waals surface area contributed by atoms with Gasteiger partial charge >= 0.3 is 0 Å². The summed E-state index contributed by atoms with van der Waals surface area (Å²) in [6.45, 7) is 2.32. The number of nitrogens with zero attached hydrogens (tertiary/aromatic N) is 2. The molecular weight excluding hydrogens is 344 g/mol. The summed E-state index contributed by atoms with van der Waals surface area (Å²) in [6, 6.07) is 9.24. The van der Waals surface area contributed by atoms with Crippen molar-refractivity contribution < 1.29 is 23.1 Å². The number of sulfonamides is 1. The number of amides is 1. The fourth-order valence-corrected chi connectivity index (χ4v) is 4.26. The Labute approximate surface area is 149 Å². The molecule has 1 saturated heterocycles. The average molecular weight is 370 g/mol. The third-order valence-corrected chi connectivity index (χ3v) is 5.90. The molecule has 1 aromatic rings. The van der Waals surface area contributed by atoms with Crippen LogP contribution >= 0.6 is 0 Å². The molecule has 1 unspecified atom stereocenters. The predicted molar refractivity (Wildman–Crippen MR) is 94.8 cm³/mol. The number of para-hydroxylation sites is 1. The number of benzene rings is 1. The van der Waals surface area contributed by atoms with E-state index < -0.39 is 16.1 Å². The lowest BCUT2D eigenvalue weighted by Crippen LogP contribution is -2.41. The van der Waals surface area contributed by atoms with Crippen molar-refractivity contribution in [1.82, 2.24) is 9.21 Å². The second kappa shape index (κ2) is 9.17. The third kappa shape index (κ3) is 5.98. The molecule has 1 heterocycles. The number of hydrogen-bond donors (Lipinski definition) is 1. The van der Waals surface area contributed by atoms with Crippen molar-refractivity contribution in [3.63, 3.8) is 0 Å². The van der Waals surface area contributed by atoms with E-state index in [1.165, 1.54) is 4.90 Å². The first-order valence-corrected chi connectivity index (χ1v) is 10.1. The Kier molecular flexibility index (Phi) is 7.22. The Morgan fingerprint density at radius 2 is 1.96 bits per heavy atom. The minimum absolute atomic E-state index is 0.000613. The largest absolute Gasteiger partial charge is 0.492 e. The maximum atomic E-state index is 12.4. The summed E-state index contributed by atoms with van der Waals surface area (Å²) in [5, 5.41) is 10.1. The average Bonchev–Trinajstić information content (AvgIpc) is 2.73. The monoisotopic (exact) mass is 370 g/mol. The summed E-state index contributed by atoms with van der Waals surface area (Å²) >= 11 is 0. The molecule has 0 spiro atoms. The van der Waals surface area contributed by atoms with Crippen LogP contribution in [-0.4, -0.2) is 73.3 Å². The highest BCUT2D eigenvalue weighted by atomic mass is 32.2. The van der Waals surface area contributed by atoms with Gasteiger partial charge in [-0.15, -0.1) is 0 Å². The van der Waals surface area contributed by atoms with Crippen LogP contribution in [0, 0.1) is 0 Å². The molecule has 140 valence electrons. The molecule has 1 aromatic carbocycles. The smallest absolute Gasteiger partial charge is 0.238 e. The van der Waals surface area contributed by atoms with Gasteiger partial charge in [-0.05, 0) is 18.6 Å². The number of hydrogen-bond acceptors (Lipinski definition) is 5. The maximum absolute atomic E-state index is 12.4. The molecule has 0 bridgehead atoms. The Bertz CT molecular complexity index is 650. The van der Waals surface area contributed by atoms with Gasteiger partial charge in [0, 0.05) is 13.1 Å². The fraction of sp³-hybridized carbons (Fsp3) is 0.588. The van der Waals surface area contributed by atoms with Crippen molar-refractivity contribution in [2.75, 3.05) is 38.5 Å². The fourth-order valence-electron chi connectivity index (χ4n) is 2.64. The minimum atomic E-state index is -3.53. The van der Waals surface area contributed by atoms with Gasteiger partial charge in [-0.1, -0.05) is 31.5 Å². The zero-order chi connectivity index (χ0) is 18.3. The van der Waals surface area contributed by atoms with E-state index in [1.807, 2.05) is 37.3 Å². The summed E-state index contributed by atoms with van der Waals surface area (Å²) in [5.74, 6) is 0.392. The zero-order valence-electron chi connectivity index (χ0n) is 14.5. The van der Waals surface area contributed by atoms with Crippen LogP contribution in [0.2, 0.25) is 0 Å². The minimum Gasteiger partial charge on any atom is -0.492 e. The molecule has 0 saturated carbocycles. The van der Waals surface area contributed by atoms with Crippen LogP contribution in [0.3, 0.4) is 0 Å². The highest BCUT2D eigenvalue weighted by Gasteiger charge is 2.32. The number of aliphatic hydroxyl groups is 1. The van der Waals surface area contributed by atoms with E-state index in [9.17, 15) is 18.3 Å². The lowest BCUT2D eigenvalue weighted by molar-refractivity contribution is -0.131. The predicted octanol–water partition coefficient (Wildman–Crippen LogP) is 0.700. The van der Waals surface area contributed by atoms with Crippen LogP contribution in [0.25, 0.3) is 0 Å². The molecule has 0 radical (unpaired) electrons. The first-order valence-electron chi connectivity index (χ1n) is 8.54. The number of ether oxygens (including phenoxy) is 1. The molecule has 0 aromatic heterocycles. The van der Waals surface area contributed by atoms with Crippen LogP contribution in [-0.2, 0) is 14.8 Å². The van der Waals surface area contributed by atoms with Crippen LogP contribution < -0.4 is 4.74 Å². The van der Waals surface area contributed by atoms with E-state index in [1.54, 1.807) is 0 Å². The molecule has 1 N–H and O–H groups in total. The quantitative estimate of drug-likeness (QED) is 0.728. The third-order valence-electron chi connectivity index (χ3n) is 4.03. The van der Waals surface area contributed by atoms with Crippen LogP contribution in [0.4, 0.5) is 0 Å². The number of carbonyl (C=O) groups excluding carboxylic acids is 1. The molecule has 1 aliphatic rings. The van der Waals surface area contributed by atoms with Gasteiger partial charge < -0.3 is 14.7 Å². The second-order valence-corrected chi connectivity index (χ2v) is 8.21. The lowest BCUT2D eigenvalue weighted by atomic mass is 10.3. The molecule has 8 heteroatoms. The van der Waals surface area contributed by atoms with Gasteiger partial charge in [0.15, 0.2) is 0 Å². The summed E-state index contributed by atoms with van der Waals surface area (Å²) in [6.07, 6.45) is 0.393. The van der Waals surface area contributed by atoms with Crippen molar-refractivity contribution in [1.29, 1.82) is 0 Å². The summed E-state index contributed by atoms with van der Waals surface area (Å²) in [7, 11) is -3.53. The topological polar surface area (TPSA) is 87.2 Å². The molecule has 1 amide bonds. The molecule has 7 nitrogen and oxygen atoms in total. The van der Waals surface area contributed by atoms with Crippen LogP contribution in [0.5, 0.6) is 5.75 Å². The Morgan fingerprint density at radius 1 is 1.24 bits per heavy atom. The summed E-state index contributed by atoms with van der Waals surface area (Å²) in [5.41, 5.74) is 0. The van der Waals surface area contributed by atoms with E-state index >= 15 is 0 Å². The number of carbonyl (C=O) groups is 1. The van der Waals surface area contributed by atoms with Crippen LogP contribution in [0.15, 0.2) is 30.3 Å². The van der Waals surface area contributed by atoms with Gasteiger partial charge in [-0.3, -0.25) is 4.79 Å². The molecule has 1 atom stereocenters. The van der Waals surface area contributed by atoms with Crippen molar-refractivity contribution in [2.45, 2.75) is 25.9 Å². The van der Waals surface area contributed by atoms with Gasteiger partial charge in [-0.2, -0.15) is 4.31 Å². The van der Waals surface area contributed by atoms with Crippen LogP contribution in [0.1, 0.15) is 19.8 Å². The molecular formula is C17H26N2O5S. The van der Waals surface area contributed by atoms with Crippen molar-refractivity contribution in [3.8, 4) is 5.75 Å². The Balaban J connectivity index is 1.93. The number of unbranched alkanes of at least 4 members (excludes halogenated alkanes) is 1. The highest BCUT2D eigenvalue weighted by Crippen LogP contribution is 2.13. The molecule has 0 aliphatic carbocycles. The second-order valence-electron chi connectivity index (χ2n) is 6.12. The van der Waals surface area contributed by atoms with Crippen molar-refractivity contribution >= 4 is 15.9 Å². The number of rotatable bonds is 8. The summed E-state index contributed by atoms with van der Waals surface area (Å²) in [4.78, 5) is 13.8. The van der Waals surface area contributed by atoms with E-state index in [0.717, 1.165) is 10.7 Å². The van der Waals surface area contributed by atoms with Crippen molar-refractivity contribution in [3.05, 3.63) is 30.3 Å². The normalized spacial score (nSPS) is 19.7. The number of aliphatic hydroxyl groups excluding tert-OH is 1. The van der Waals surface area contributed by atoms with E-state index in [-0.39, 0.29) is 37.9 Å². The highest BCUT2D eigenvalue weighted by molar-refractivity contribution is 7.89. The Morgan fingerprint density at radius 3 is 2.64 bits per heavy atom. The standard InChI is InChI=1S/C17H26N2O5S/c1-2-3-11-25(22,23)19-13-15(20)12-18(17(21)14-19)9-10-24-16-7-5-4-6-8-16/h4-8,15,20H,2-3,9-14H2,1H3. The molecule has 2 rings (SSSR count). The van der Waals surface area contributed by atoms with E-state index in [4.69, 9.17) is 4.74 Å². The molecule has 1 aliphatic heterocycles. The molecule has 1 fully saturated rings. The summed E-state index contributed by atoms with van der Waals surface area (Å²) < 4.78 is 31.3. The van der Waals surface area contributed by atoms with Gasteiger partial charge in [0.1, 0.15) is 12.4 Å². The van der Waals surface area contributed by atoms with Gasteiger partial charge in [0.25, 0.3) is 0 Å². The first kappa shape index (κ1) is 19.7. The van der Waals surface area contributed by atoms with Gasteiger partial charge in [0.05, 0.1) is 24.9 Å². The lowest BCUT2D eigenvalue weighted by Gasteiger charge is -2.22. The van der Waals surface area contributed by atoms with Crippen molar-refractivity contribution in [2.24, 2.45) is 0 Å².